The van der Waals surface area contributed by atoms with Gasteiger partial charge in [-0.15, -0.1) is 0 Å². The molecule has 0 aromatic heterocycles. The van der Waals surface area contributed by atoms with Crippen LogP contribution in [-0.2, 0) is 9.59 Å². The Morgan fingerprint density at radius 1 is 0.711 bits per heavy atom. The average molecular weight is 507 g/mol. The number of carbonyl (C=O) groups is 2. The van der Waals surface area contributed by atoms with Crippen molar-refractivity contribution < 1.29 is 24.2 Å². The molecule has 0 spiro atoms. The van der Waals surface area contributed by atoms with E-state index < -0.39 is 35.6 Å². The van der Waals surface area contributed by atoms with Gasteiger partial charge in [-0.1, -0.05) is 84.4 Å². The molecule has 0 aliphatic heterocycles. The Hall–Kier alpha value is -4.38. The highest BCUT2D eigenvalue weighted by Gasteiger charge is 2.60. The minimum absolute atomic E-state index is 0.425. The summed E-state index contributed by atoms with van der Waals surface area (Å²) in [7, 11) is 1.55. The molecule has 5 heteroatoms. The minimum Gasteiger partial charge on any atom is -0.496 e. The summed E-state index contributed by atoms with van der Waals surface area (Å²) in [5, 5.41) is 10.3. The standard InChI is InChI=1S/C33H30O5/c1-20-15-17-22(18-16-20)23-10-8-11-24(19-23)38-33(36)31-28(25-12-5-4-9-21(25)2)30(32(34)35)29(31)26-13-6-7-14-27(26)37-3/h4-19,28-31H,1-3H3,(H,34,35)/t28-,29-,30+,31+/m0/s1. The number of aliphatic carboxylic acids is 1. The van der Waals surface area contributed by atoms with Crippen LogP contribution in [0.4, 0.5) is 0 Å². The summed E-state index contributed by atoms with van der Waals surface area (Å²) >= 11 is 0. The molecular formula is C33H30O5. The molecule has 0 amide bonds. The van der Waals surface area contributed by atoms with Gasteiger partial charge in [0.25, 0.3) is 0 Å². The topological polar surface area (TPSA) is 72.8 Å². The predicted octanol–water partition coefficient (Wildman–Crippen LogP) is 6.78. The number of aryl methyl sites for hydroxylation is 2. The van der Waals surface area contributed by atoms with E-state index in [1.165, 1.54) is 5.56 Å². The molecule has 4 aromatic carbocycles. The van der Waals surface area contributed by atoms with E-state index in [2.05, 4.69) is 0 Å². The van der Waals surface area contributed by atoms with Crippen molar-refractivity contribution in [3.8, 4) is 22.6 Å². The quantitative estimate of drug-likeness (QED) is 0.221. The Morgan fingerprint density at radius 3 is 2.05 bits per heavy atom. The van der Waals surface area contributed by atoms with Gasteiger partial charge in [0.05, 0.1) is 18.9 Å². The first kappa shape index (κ1) is 25.3. The van der Waals surface area contributed by atoms with Crippen molar-refractivity contribution in [2.75, 3.05) is 7.11 Å². The first-order chi connectivity index (χ1) is 18.4. The maximum Gasteiger partial charge on any atom is 0.315 e. The van der Waals surface area contributed by atoms with Crippen molar-refractivity contribution in [3.63, 3.8) is 0 Å². The number of methoxy groups -OCH3 is 1. The van der Waals surface area contributed by atoms with E-state index in [1.54, 1.807) is 19.2 Å². The first-order valence-electron chi connectivity index (χ1n) is 12.7. The van der Waals surface area contributed by atoms with Crippen molar-refractivity contribution >= 4 is 11.9 Å². The zero-order valence-corrected chi connectivity index (χ0v) is 21.6. The smallest absolute Gasteiger partial charge is 0.315 e. The summed E-state index contributed by atoms with van der Waals surface area (Å²) < 4.78 is 11.5. The third-order valence-electron chi connectivity index (χ3n) is 7.59. The molecule has 192 valence electrons. The van der Waals surface area contributed by atoms with Crippen LogP contribution in [0.25, 0.3) is 11.1 Å². The zero-order chi connectivity index (χ0) is 26.8. The maximum absolute atomic E-state index is 13.9. The molecule has 38 heavy (non-hydrogen) atoms. The van der Waals surface area contributed by atoms with Crippen molar-refractivity contribution in [3.05, 3.63) is 119 Å². The van der Waals surface area contributed by atoms with Gasteiger partial charge in [-0.2, -0.15) is 0 Å². The molecule has 1 fully saturated rings. The number of hydrogen-bond acceptors (Lipinski definition) is 4. The first-order valence-corrected chi connectivity index (χ1v) is 12.7. The summed E-state index contributed by atoms with van der Waals surface area (Å²) in [6.45, 7) is 3.98. The van der Waals surface area contributed by atoms with Crippen LogP contribution in [0, 0.1) is 25.7 Å². The lowest BCUT2D eigenvalue weighted by molar-refractivity contribution is -0.158. The fourth-order valence-corrected chi connectivity index (χ4v) is 5.69. The van der Waals surface area contributed by atoms with E-state index in [4.69, 9.17) is 9.47 Å². The van der Waals surface area contributed by atoms with Gasteiger partial charge in [0, 0.05) is 11.8 Å². The van der Waals surface area contributed by atoms with Crippen LogP contribution in [0.15, 0.2) is 97.1 Å². The number of hydrogen-bond donors (Lipinski definition) is 1. The number of benzene rings is 4. The van der Waals surface area contributed by atoms with Gasteiger partial charge in [0.1, 0.15) is 11.5 Å². The number of esters is 1. The Bertz CT molecular complexity index is 1470. The number of carboxylic acid groups (broad SMARTS) is 1. The molecule has 1 aliphatic rings. The second-order valence-corrected chi connectivity index (χ2v) is 9.85. The van der Waals surface area contributed by atoms with E-state index in [1.807, 2.05) is 98.8 Å². The summed E-state index contributed by atoms with van der Waals surface area (Å²) in [6.07, 6.45) is 0. The molecule has 4 atom stereocenters. The highest BCUT2D eigenvalue weighted by Crippen LogP contribution is 2.59. The molecule has 1 N–H and O–H groups in total. The monoisotopic (exact) mass is 506 g/mol. The SMILES string of the molecule is COc1ccccc1[C@H]1[C@H](C(=O)O)[C@H](c2ccccc2C)[C@H]1C(=O)Oc1cccc(-c2ccc(C)cc2)c1. The van der Waals surface area contributed by atoms with E-state index >= 15 is 0 Å². The van der Waals surface area contributed by atoms with Gasteiger partial charge in [-0.05, 0) is 59.9 Å². The number of para-hydroxylation sites is 1. The van der Waals surface area contributed by atoms with Crippen LogP contribution < -0.4 is 9.47 Å². The molecule has 1 saturated carbocycles. The lowest BCUT2D eigenvalue weighted by atomic mass is 9.52. The Balaban J connectivity index is 1.53. The molecule has 0 saturated heterocycles. The van der Waals surface area contributed by atoms with E-state index in [0.717, 1.165) is 22.3 Å². The molecular weight excluding hydrogens is 476 g/mol. The average Bonchev–Trinajstić information content (AvgIpc) is 2.90. The third-order valence-corrected chi connectivity index (χ3v) is 7.59. The molecule has 5 rings (SSSR count). The van der Waals surface area contributed by atoms with E-state index in [0.29, 0.717) is 17.1 Å². The third kappa shape index (κ3) is 4.68. The molecule has 1 aliphatic carbocycles. The zero-order valence-electron chi connectivity index (χ0n) is 21.6. The fraction of sp³-hybridized carbons (Fsp3) is 0.212. The lowest BCUT2D eigenvalue weighted by Gasteiger charge is -2.49. The fourth-order valence-electron chi connectivity index (χ4n) is 5.69. The van der Waals surface area contributed by atoms with Gasteiger partial charge < -0.3 is 14.6 Å². The lowest BCUT2D eigenvalue weighted by Crippen LogP contribution is -2.52. The molecule has 0 unspecified atom stereocenters. The van der Waals surface area contributed by atoms with Crippen LogP contribution in [0.5, 0.6) is 11.5 Å². The van der Waals surface area contributed by atoms with Crippen LogP contribution in [0.1, 0.15) is 34.1 Å². The maximum atomic E-state index is 13.9. The highest BCUT2D eigenvalue weighted by molar-refractivity contribution is 5.86. The second-order valence-electron chi connectivity index (χ2n) is 9.85. The van der Waals surface area contributed by atoms with Gasteiger partial charge in [0.15, 0.2) is 0 Å². The van der Waals surface area contributed by atoms with Gasteiger partial charge in [0.2, 0.25) is 0 Å². The Labute approximate surface area is 222 Å². The summed E-state index contributed by atoms with van der Waals surface area (Å²) in [4.78, 5) is 26.5. The van der Waals surface area contributed by atoms with Crippen LogP contribution in [0.2, 0.25) is 0 Å². The largest absolute Gasteiger partial charge is 0.496 e. The highest BCUT2D eigenvalue weighted by atomic mass is 16.5. The van der Waals surface area contributed by atoms with E-state index in [9.17, 15) is 14.7 Å². The van der Waals surface area contributed by atoms with Gasteiger partial charge in [-0.25, -0.2) is 0 Å². The molecule has 0 bridgehead atoms. The Kier molecular flexibility index (Phi) is 7.01. The van der Waals surface area contributed by atoms with Crippen molar-refractivity contribution in [1.29, 1.82) is 0 Å². The summed E-state index contributed by atoms with van der Waals surface area (Å²) in [5.74, 6) is -3.04. The minimum atomic E-state index is -0.945. The number of ether oxygens (including phenoxy) is 2. The van der Waals surface area contributed by atoms with Crippen LogP contribution in [-0.4, -0.2) is 24.2 Å². The molecule has 0 radical (unpaired) electrons. The van der Waals surface area contributed by atoms with Crippen molar-refractivity contribution in [2.24, 2.45) is 11.8 Å². The van der Waals surface area contributed by atoms with Gasteiger partial charge >= 0.3 is 11.9 Å². The Morgan fingerprint density at radius 2 is 1.37 bits per heavy atom. The van der Waals surface area contributed by atoms with Crippen molar-refractivity contribution in [1.82, 2.24) is 0 Å². The van der Waals surface area contributed by atoms with E-state index in [-0.39, 0.29) is 0 Å². The van der Waals surface area contributed by atoms with Crippen LogP contribution in [0.3, 0.4) is 0 Å². The van der Waals surface area contributed by atoms with Crippen LogP contribution >= 0.6 is 0 Å². The second kappa shape index (κ2) is 10.5. The molecule has 0 heterocycles. The molecule has 5 nitrogen and oxygen atoms in total. The number of carboxylic acids is 1. The number of rotatable bonds is 7. The van der Waals surface area contributed by atoms with Gasteiger partial charge in [-0.3, -0.25) is 9.59 Å². The molecule has 4 aromatic rings. The predicted molar refractivity (Wildman–Crippen MR) is 147 cm³/mol. The normalized spacial score (nSPS) is 20.3. The summed E-state index contributed by atoms with van der Waals surface area (Å²) in [6, 6.07) is 30.5. The van der Waals surface area contributed by atoms with Crippen molar-refractivity contribution in [2.45, 2.75) is 25.7 Å². The number of carbonyl (C=O) groups excluding carboxylic acids is 1. The summed E-state index contributed by atoms with van der Waals surface area (Å²) in [5.41, 5.74) is 5.61.